The van der Waals surface area contributed by atoms with E-state index in [-0.39, 0.29) is 0 Å². The van der Waals surface area contributed by atoms with Crippen molar-refractivity contribution >= 4 is 21.6 Å². The molecule has 1 aliphatic rings. The third kappa shape index (κ3) is 3.00. The molecule has 1 aromatic rings. The summed E-state index contributed by atoms with van der Waals surface area (Å²) in [6.07, 6.45) is 2.25. The van der Waals surface area contributed by atoms with Crippen LogP contribution in [0.15, 0.2) is 17.0 Å². The van der Waals surface area contributed by atoms with Crippen LogP contribution in [0.25, 0.3) is 0 Å². The molecule has 0 aromatic heterocycles. The van der Waals surface area contributed by atoms with E-state index in [1.54, 1.807) is 19.1 Å². The van der Waals surface area contributed by atoms with Gasteiger partial charge in [0.05, 0.1) is 4.90 Å². The van der Waals surface area contributed by atoms with Crippen LogP contribution in [-0.4, -0.2) is 15.0 Å². The van der Waals surface area contributed by atoms with Crippen LogP contribution in [-0.2, 0) is 10.0 Å². The number of sulfonamides is 1. The lowest BCUT2D eigenvalue weighted by atomic mass is 10.2. The lowest BCUT2D eigenvalue weighted by Gasteiger charge is -2.10. The molecule has 1 aliphatic carbocycles. The van der Waals surface area contributed by atoms with Crippen LogP contribution in [0.1, 0.15) is 24.0 Å². The van der Waals surface area contributed by atoms with E-state index in [0.717, 1.165) is 18.4 Å². The maximum Gasteiger partial charge on any atom is 0.240 e. The summed E-state index contributed by atoms with van der Waals surface area (Å²) in [5.41, 5.74) is 1.47. The summed E-state index contributed by atoms with van der Waals surface area (Å²) >= 11 is 5.96. The van der Waals surface area contributed by atoms with Crippen molar-refractivity contribution in [3.63, 3.8) is 0 Å². The molecule has 0 unspecified atom stereocenters. The summed E-state index contributed by atoms with van der Waals surface area (Å²) in [5, 5.41) is 0.601. The fraction of sp³-hybridized carbons (Fsp3) is 0.500. The molecule has 17 heavy (non-hydrogen) atoms. The Morgan fingerprint density at radius 1 is 1.29 bits per heavy atom. The average Bonchev–Trinajstić information content (AvgIpc) is 3.04. The highest BCUT2D eigenvalue weighted by Gasteiger charge is 2.25. The molecule has 5 heteroatoms. The van der Waals surface area contributed by atoms with Crippen molar-refractivity contribution in [2.24, 2.45) is 5.92 Å². The Bertz CT molecular complexity index is 536. The fourth-order valence-electron chi connectivity index (χ4n) is 1.67. The first-order chi connectivity index (χ1) is 7.90. The van der Waals surface area contributed by atoms with Gasteiger partial charge in [-0.2, -0.15) is 0 Å². The third-order valence-electron chi connectivity index (χ3n) is 3.00. The number of aryl methyl sites for hydroxylation is 2. The monoisotopic (exact) mass is 273 g/mol. The zero-order chi connectivity index (χ0) is 12.6. The van der Waals surface area contributed by atoms with Crippen LogP contribution in [0.2, 0.25) is 5.02 Å². The Kier molecular flexibility index (Phi) is 3.48. The standard InChI is InChI=1S/C12H16ClNO2S/c1-8-6-12(9(2)5-11(8)13)17(15,16)14-7-10-3-4-10/h5-6,10,14H,3-4,7H2,1-2H3. The van der Waals surface area contributed by atoms with E-state index >= 15 is 0 Å². The first-order valence-corrected chi connectivity index (χ1v) is 7.52. The van der Waals surface area contributed by atoms with E-state index in [2.05, 4.69) is 4.72 Å². The largest absolute Gasteiger partial charge is 0.240 e. The molecule has 94 valence electrons. The molecule has 0 radical (unpaired) electrons. The molecule has 0 spiro atoms. The van der Waals surface area contributed by atoms with Crippen molar-refractivity contribution in [3.05, 3.63) is 28.3 Å². The van der Waals surface area contributed by atoms with Gasteiger partial charge in [0.1, 0.15) is 0 Å². The number of hydrogen-bond acceptors (Lipinski definition) is 2. The van der Waals surface area contributed by atoms with Gasteiger partial charge in [-0.05, 0) is 55.9 Å². The van der Waals surface area contributed by atoms with Crippen molar-refractivity contribution in [1.82, 2.24) is 4.72 Å². The number of nitrogens with one attached hydrogen (secondary N) is 1. The molecule has 0 heterocycles. The fourth-order valence-corrected chi connectivity index (χ4v) is 3.31. The van der Waals surface area contributed by atoms with Gasteiger partial charge in [0.15, 0.2) is 0 Å². The number of hydrogen-bond donors (Lipinski definition) is 1. The molecule has 0 atom stereocenters. The van der Waals surface area contributed by atoms with E-state index in [1.807, 2.05) is 6.92 Å². The summed E-state index contributed by atoms with van der Waals surface area (Å²) in [6.45, 7) is 4.11. The topological polar surface area (TPSA) is 46.2 Å². The molecule has 1 fully saturated rings. The highest BCUT2D eigenvalue weighted by molar-refractivity contribution is 7.89. The van der Waals surface area contributed by atoms with Crippen molar-refractivity contribution in [2.45, 2.75) is 31.6 Å². The molecule has 0 bridgehead atoms. The second-order valence-electron chi connectivity index (χ2n) is 4.66. The summed E-state index contributed by atoms with van der Waals surface area (Å²) < 4.78 is 26.8. The molecule has 1 saturated carbocycles. The Morgan fingerprint density at radius 2 is 1.94 bits per heavy atom. The predicted octanol–water partition coefficient (Wildman–Crippen LogP) is 2.65. The minimum absolute atomic E-state index is 0.333. The predicted molar refractivity (Wildman–Crippen MR) is 68.8 cm³/mol. The summed E-state index contributed by atoms with van der Waals surface area (Å²) in [4.78, 5) is 0.333. The maximum atomic E-state index is 12.1. The van der Waals surface area contributed by atoms with Crippen LogP contribution >= 0.6 is 11.6 Å². The minimum Gasteiger partial charge on any atom is -0.211 e. The summed E-state index contributed by atoms with van der Waals surface area (Å²) in [7, 11) is -3.39. The van der Waals surface area contributed by atoms with Gasteiger partial charge in [-0.1, -0.05) is 11.6 Å². The lowest BCUT2D eigenvalue weighted by molar-refractivity contribution is 0.577. The van der Waals surface area contributed by atoms with Gasteiger partial charge in [0.25, 0.3) is 0 Å². The first-order valence-electron chi connectivity index (χ1n) is 5.66. The van der Waals surface area contributed by atoms with Crippen LogP contribution in [0.3, 0.4) is 0 Å². The van der Waals surface area contributed by atoms with Crippen LogP contribution < -0.4 is 4.72 Å². The molecule has 2 rings (SSSR count). The van der Waals surface area contributed by atoms with Crippen molar-refractivity contribution < 1.29 is 8.42 Å². The Hall–Kier alpha value is -0.580. The van der Waals surface area contributed by atoms with Crippen LogP contribution in [0.4, 0.5) is 0 Å². The molecular formula is C12H16ClNO2S. The average molecular weight is 274 g/mol. The van der Waals surface area contributed by atoms with E-state index in [9.17, 15) is 8.42 Å². The normalized spacial score (nSPS) is 16.2. The first kappa shape index (κ1) is 12.9. The molecule has 0 saturated heterocycles. The number of rotatable bonds is 4. The van der Waals surface area contributed by atoms with Gasteiger partial charge in [-0.25, -0.2) is 13.1 Å². The Morgan fingerprint density at radius 3 is 2.53 bits per heavy atom. The van der Waals surface area contributed by atoms with Gasteiger partial charge in [0, 0.05) is 11.6 Å². The quantitative estimate of drug-likeness (QED) is 0.917. The van der Waals surface area contributed by atoms with E-state index in [4.69, 9.17) is 11.6 Å². The van der Waals surface area contributed by atoms with E-state index in [1.165, 1.54) is 0 Å². The second-order valence-corrected chi connectivity index (χ2v) is 6.80. The Labute approximate surface area is 107 Å². The van der Waals surface area contributed by atoms with Gasteiger partial charge < -0.3 is 0 Å². The lowest BCUT2D eigenvalue weighted by Crippen LogP contribution is -2.26. The summed E-state index contributed by atoms with van der Waals surface area (Å²) in [6, 6.07) is 3.33. The van der Waals surface area contributed by atoms with Gasteiger partial charge >= 0.3 is 0 Å². The second kappa shape index (κ2) is 4.59. The molecular weight excluding hydrogens is 258 g/mol. The highest BCUT2D eigenvalue weighted by atomic mass is 35.5. The zero-order valence-electron chi connectivity index (χ0n) is 9.96. The highest BCUT2D eigenvalue weighted by Crippen LogP contribution is 2.29. The minimum atomic E-state index is -3.39. The van der Waals surface area contributed by atoms with E-state index < -0.39 is 10.0 Å². The molecule has 3 nitrogen and oxygen atoms in total. The smallest absolute Gasteiger partial charge is 0.211 e. The number of benzene rings is 1. The van der Waals surface area contributed by atoms with Crippen molar-refractivity contribution in [3.8, 4) is 0 Å². The zero-order valence-corrected chi connectivity index (χ0v) is 11.5. The number of halogens is 1. The third-order valence-corrected chi connectivity index (χ3v) is 4.98. The van der Waals surface area contributed by atoms with Gasteiger partial charge in [-0.15, -0.1) is 0 Å². The molecule has 0 aliphatic heterocycles. The SMILES string of the molecule is Cc1cc(S(=O)(=O)NCC2CC2)c(C)cc1Cl. The molecule has 0 amide bonds. The van der Waals surface area contributed by atoms with Crippen molar-refractivity contribution in [1.29, 1.82) is 0 Å². The van der Waals surface area contributed by atoms with Crippen LogP contribution in [0, 0.1) is 19.8 Å². The molecule has 1 aromatic carbocycles. The summed E-state index contributed by atoms with van der Waals surface area (Å²) in [5.74, 6) is 0.526. The van der Waals surface area contributed by atoms with Gasteiger partial charge in [-0.3, -0.25) is 0 Å². The maximum absolute atomic E-state index is 12.1. The van der Waals surface area contributed by atoms with Gasteiger partial charge in [0.2, 0.25) is 10.0 Å². The molecule has 1 N–H and O–H groups in total. The van der Waals surface area contributed by atoms with Crippen molar-refractivity contribution in [2.75, 3.05) is 6.54 Å². The van der Waals surface area contributed by atoms with Crippen LogP contribution in [0.5, 0.6) is 0 Å². The van der Waals surface area contributed by atoms with E-state index in [0.29, 0.717) is 27.9 Å². The Balaban J connectivity index is 2.27.